The Morgan fingerprint density at radius 3 is 2.48 bits per heavy atom. The summed E-state index contributed by atoms with van der Waals surface area (Å²) in [5, 5.41) is 4.65. The first kappa shape index (κ1) is 22.6. The molecular weight excluding hydrogens is 473 g/mol. The number of aromatic nitrogens is 2. The number of guanidine groups is 1. The number of hydrogen-bond acceptors (Lipinski definition) is 6. The van der Waals surface area contributed by atoms with Gasteiger partial charge in [-0.25, -0.2) is 4.98 Å². The van der Waals surface area contributed by atoms with Gasteiger partial charge in [0.05, 0.1) is 0 Å². The number of rotatable bonds is 5. The van der Waals surface area contributed by atoms with Gasteiger partial charge in [0.2, 0.25) is 5.13 Å². The molecule has 7 nitrogen and oxygen atoms in total. The number of hydrogen-bond donors (Lipinski definition) is 1. The molecule has 0 aliphatic carbocycles. The van der Waals surface area contributed by atoms with Gasteiger partial charge < -0.3 is 20.0 Å². The van der Waals surface area contributed by atoms with E-state index in [1.54, 1.807) is 0 Å². The Bertz CT molecular complexity index is 578. The second-order valence-corrected chi connectivity index (χ2v) is 8.06. The van der Waals surface area contributed by atoms with Crippen molar-refractivity contribution in [2.24, 2.45) is 10.9 Å². The summed E-state index contributed by atoms with van der Waals surface area (Å²) in [5.41, 5.74) is 0. The predicted molar refractivity (Wildman–Crippen MR) is 125 cm³/mol. The van der Waals surface area contributed by atoms with Gasteiger partial charge in [0.15, 0.2) is 5.96 Å². The minimum atomic E-state index is 0. The molecule has 3 heterocycles. The van der Waals surface area contributed by atoms with Crippen molar-refractivity contribution in [2.45, 2.75) is 32.6 Å². The maximum Gasteiger partial charge on any atom is 0.205 e. The zero-order valence-corrected chi connectivity index (χ0v) is 20.0. The van der Waals surface area contributed by atoms with Crippen LogP contribution in [0.5, 0.6) is 0 Å². The average Bonchev–Trinajstić information content (AvgIpc) is 3.16. The lowest BCUT2D eigenvalue weighted by Gasteiger charge is -2.36. The third-order valence-corrected chi connectivity index (χ3v) is 6.32. The quantitative estimate of drug-likeness (QED) is 0.375. The molecule has 2 fully saturated rings. The van der Waals surface area contributed by atoms with E-state index in [2.05, 4.69) is 48.3 Å². The number of piperidine rings is 1. The van der Waals surface area contributed by atoms with Crippen LogP contribution in [0.3, 0.4) is 0 Å². The van der Waals surface area contributed by atoms with Crippen LogP contribution in [-0.4, -0.2) is 85.0 Å². The molecule has 0 spiro atoms. The van der Waals surface area contributed by atoms with Gasteiger partial charge in [-0.3, -0.25) is 4.99 Å². The Kier molecular flexibility index (Phi) is 9.51. The highest BCUT2D eigenvalue weighted by Crippen LogP contribution is 2.20. The minimum Gasteiger partial charge on any atom is -0.356 e. The van der Waals surface area contributed by atoms with Crippen molar-refractivity contribution in [3.8, 4) is 0 Å². The highest BCUT2D eigenvalue weighted by atomic mass is 127. The molecule has 2 aliphatic heterocycles. The van der Waals surface area contributed by atoms with Gasteiger partial charge in [0.25, 0.3) is 0 Å². The maximum atomic E-state index is 4.61. The van der Waals surface area contributed by atoms with Crippen LogP contribution in [0.1, 0.15) is 32.0 Å². The van der Waals surface area contributed by atoms with Gasteiger partial charge >= 0.3 is 0 Å². The zero-order chi connectivity index (χ0) is 18.4. The van der Waals surface area contributed by atoms with Crippen molar-refractivity contribution < 1.29 is 0 Å². The fraction of sp³-hybridized carbons (Fsp3) is 0.833. The van der Waals surface area contributed by atoms with E-state index in [-0.39, 0.29) is 24.0 Å². The van der Waals surface area contributed by atoms with Crippen LogP contribution in [0.15, 0.2) is 4.99 Å². The summed E-state index contributed by atoms with van der Waals surface area (Å²) >= 11 is 1.52. The van der Waals surface area contributed by atoms with Crippen LogP contribution in [-0.2, 0) is 6.42 Å². The molecule has 1 N–H and O–H groups in total. The fourth-order valence-electron chi connectivity index (χ4n) is 3.70. The van der Waals surface area contributed by atoms with Gasteiger partial charge in [0, 0.05) is 57.7 Å². The first-order chi connectivity index (χ1) is 12.7. The summed E-state index contributed by atoms with van der Waals surface area (Å²) in [6.45, 7) is 9.54. The summed E-state index contributed by atoms with van der Waals surface area (Å²) in [7, 11) is 4.11. The van der Waals surface area contributed by atoms with E-state index < -0.39 is 0 Å². The van der Waals surface area contributed by atoms with Gasteiger partial charge in [-0.1, -0.05) is 6.92 Å². The van der Waals surface area contributed by atoms with Crippen molar-refractivity contribution in [1.29, 1.82) is 0 Å². The lowest BCUT2D eigenvalue weighted by Crippen LogP contribution is -2.52. The molecule has 154 valence electrons. The molecule has 1 aromatic heterocycles. The summed E-state index contributed by atoms with van der Waals surface area (Å²) in [6.07, 6.45) is 4.82. The summed E-state index contributed by atoms with van der Waals surface area (Å²) in [5.74, 6) is 2.86. The molecule has 1 aromatic rings. The van der Waals surface area contributed by atoms with Crippen LogP contribution in [0.25, 0.3) is 0 Å². The van der Waals surface area contributed by atoms with Crippen molar-refractivity contribution >= 4 is 46.6 Å². The number of nitrogens with zero attached hydrogens (tertiary/aromatic N) is 6. The smallest absolute Gasteiger partial charge is 0.205 e. The normalized spacial score (nSPS) is 19.9. The lowest BCUT2D eigenvalue weighted by atomic mass is 9.94. The third-order valence-electron chi connectivity index (χ3n) is 5.51. The monoisotopic (exact) mass is 507 g/mol. The number of aryl methyl sites for hydroxylation is 1. The molecule has 9 heteroatoms. The van der Waals surface area contributed by atoms with Gasteiger partial charge in [0.1, 0.15) is 5.82 Å². The van der Waals surface area contributed by atoms with E-state index in [0.717, 1.165) is 62.0 Å². The SMILES string of the molecule is CCc1nsc(N2CCN(C(=NC)NCCC3CCN(C)CC3)CC2)n1.I. The number of piperazine rings is 1. The first-order valence-electron chi connectivity index (χ1n) is 9.91. The zero-order valence-electron chi connectivity index (χ0n) is 16.9. The third kappa shape index (κ3) is 6.42. The largest absolute Gasteiger partial charge is 0.356 e. The van der Waals surface area contributed by atoms with Crippen molar-refractivity contribution in [2.75, 3.05) is 64.8 Å². The molecule has 27 heavy (non-hydrogen) atoms. The molecule has 0 atom stereocenters. The van der Waals surface area contributed by atoms with Crippen molar-refractivity contribution in [3.05, 3.63) is 5.82 Å². The van der Waals surface area contributed by atoms with E-state index in [1.807, 2.05) is 7.05 Å². The van der Waals surface area contributed by atoms with Crippen LogP contribution >= 0.6 is 35.5 Å². The maximum absolute atomic E-state index is 4.61. The number of nitrogens with one attached hydrogen (secondary N) is 1. The molecule has 2 saturated heterocycles. The van der Waals surface area contributed by atoms with E-state index >= 15 is 0 Å². The average molecular weight is 507 g/mol. The molecule has 0 bridgehead atoms. The summed E-state index contributed by atoms with van der Waals surface area (Å²) in [6, 6.07) is 0. The van der Waals surface area contributed by atoms with Crippen LogP contribution in [0.4, 0.5) is 5.13 Å². The van der Waals surface area contributed by atoms with E-state index in [0.29, 0.717) is 0 Å². The number of likely N-dealkylation sites (tertiary alicyclic amines) is 1. The Morgan fingerprint density at radius 1 is 1.19 bits per heavy atom. The standard InChI is InChI=1S/C18H33N7S.HI/c1-4-16-21-18(26-22-16)25-13-11-24(12-14-25)17(19-2)20-8-5-15-6-9-23(3)10-7-15;/h15H,4-14H2,1-3H3,(H,19,20);1H. The highest BCUT2D eigenvalue weighted by molar-refractivity contribution is 14.0. The van der Waals surface area contributed by atoms with Crippen LogP contribution in [0, 0.1) is 5.92 Å². The highest BCUT2D eigenvalue weighted by Gasteiger charge is 2.22. The fourth-order valence-corrected chi connectivity index (χ4v) is 4.50. The van der Waals surface area contributed by atoms with E-state index in [9.17, 15) is 0 Å². The predicted octanol–water partition coefficient (Wildman–Crippen LogP) is 2.15. The van der Waals surface area contributed by atoms with Gasteiger partial charge in [-0.15, -0.1) is 24.0 Å². The molecule has 0 radical (unpaired) electrons. The topological polar surface area (TPSA) is 59.9 Å². The molecule has 0 unspecified atom stereocenters. The Hall–Kier alpha value is -0.680. The molecule has 2 aliphatic rings. The second-order valence-electron chi connectivity index (χ2n) is 7.33. The lowest BCUT2D eigenvalue weighted by molar-refractivity contribution is 0.212. The molecule has 3 rings (SSSR count). The number of halogens is 1. The molecule has 0 amide bonds. The van der Waals surface area contributed by atoms with E-state index in [1.165, 1.54) is 43.9 Å². The second kappa shape index (κ2) is 11.4. The molecule has 0 saturated carbocycles. The van der Waals surface area contributed by atoms with Gasteiger partial charge in [-0.05, 0) is 45.3 Å². The van der Waals surface area contributed by atoms with Crippen molar-refractivity contribution in [3.63, 3.8) is 0 Å². The Morgan fingerprint density at radius 2 is 1.89 bits per heavy atom. The summed E-state index contributed by atoms with van der Waals surface area (Å²) in [4.78, 5) is 16.3. The minimum absolute atomic E-state index is 0. The molecular formula is C18H34IN7S. The van der Waals surface area contributed by atoms with E-state index in [4.69, 9.17) is 0 Å². The Balaban J connectivity index is 0.00000261. The number of anilines is 1. The first-order valence-corrected chi connectivity index (χ1v) is 10.7. The summed E-state index contributed by atoms with van der Waals surface area (Å²) < 4.78 is 4.41. The van der Waals surface area contributed by atoms with Crippen LogP contribution in [0.2, 0.25) is 0 Å². The van der Waals surface area contributed by atoms with Crippen molar-refractivity contribution in [1.82, 2.24) is 24.5 Å². The molecule has 0 aromatic carbocycles. The van der Waals surface area contributed by atoms with Crippen LogP contribution < -0.4 is 10.2 Å². The number of aliphatic imine (C=N–C) groups is 1. The Labute approximate surface area is 184 Å². The van der Waals surface area contributed by atoms with Gasteiger partial charge in [-0.2, -0.15) is 4.37 Å².